The van der Waals surface area contributed by atoms with E-state index in [1.807, 2.05) is 0 Å². The molecule has 6 atom stereocenters. The van der Waals surface area contributed by atoms with Crippen molar-refractivity contribution in [1.29, 1.82) is 0 Å². The third kappa shape index (κ3) is 0.978. The Bertz CT molecular complexity index is 851. The number of aromatic nitrogens is 3. The molecule has 4 bridgehead atoms. The van der Waals surface area contributed by atoms with E-state index in [0.717, 1.165) is 12.8 Å². The van der Waals surface area contributed by atoms with Crippen molar-refractivity contribution < 1.29 is 4.74 Å². The van der Waals surface area contributed by atoms with E-state index < -0.39 is 0 Å². The van der Waals surface area contributed by atoms with Gasteiger partial charge in [0.25, 0.3) is 0 Å². The smallest absolute Gasteiger partial charge is 0.347 e. The molecule has 6 heterocycles. The summed E-state index contributed by atoms with van der Waals surface area (Å²) in [6.45, 7) is 1.29. The molecule has 8 rings (SSSR count). The molecule has 120 valence electrons. The van der Waals surface area contributed by atoms with Gasteiger partial charge < -0.3 is 4.74 Å². The lowest BCUT2D eigenvalue weighted by atomic mass is 9.43. The summed E-state index contributed by atoms with van der Waals surface area (Å²) in [6.07, 6.45) is 8.50. The van der Waals surface area contributed by atoms with Crippen molar-refractivity contribution in [3.8, 4) is 0 Å². The van der Waals surface area contributed by atoms with Gasteiger partial charge in [0.1, 0.15) is 0 Å². The van der Waals surface area contributed by atoms with E-state index in [1.165, 1.54) is 4.57 Å². The summed E-state index contributed by atoms with van der Waals surface area (Å²) in [4.78, 5) is 30.2. The molecule has 0 spiro atoms. The van der Waals surface area contributed by atoms with E-state index in [-0.39, 0.29) is 40.3 Å². The number of hydrogen-bond acceptors (Lipinski definition) is 4. The van der Waals surface area contributed by atoms with E-state index in [0.29, 0.717) is 19.1 Å². The van der Waals surface area contributed by atoms with Gasteiger partial charge >= 0.3 is 11.4 Å². The van der Waals surface area contributed by atoms with Gasteiger partial charge in [0.15, 0.2) is 0 Å². The first kappa shape index (κ1) is 12.5. The molecule has 1 aromatic rings. The zero-order valence-corrected chi connectivity index (χ0v) is 12.9. The molecule has 0 radical (unpaired) electrons. The SMILES string of the molecule is Cn1c(=O)n2n(c1=O)[C@@H]1C=C[C@H]2[C@]23COC[C@]12[C@H]1CC[C@@H]3C=N1. The van der Waals surface area contributed by atoms with Gasteiger partial charge in [-0.15, -0.1) is 0 Å². The number of fused-ring (bicyclic) bond motifs is 1. The normalized spacial score (nSPS) is 47.7. The van der Waals surface area contributed by atoms with Gasteiger partial charge in [-0.05, 0) is 12.8 Å². The van der Waals surface area contributed by atoms with Crippen LogP contribution in [0.4, 0.5) is 0 Å². The van der Waals surface area contributed by atoms with E-state index >= 15 is 0 Å². The summed E-state index contributed by atoms with van der Waals surface area (Å²) in [5.41, 5.74) is -0.756. The lowest BCUT2D eigenvalue weighted by Crippen LogP contribution is -2.71. The van der Waals surface area contributed by atoms with Crippen molar-refractivity contribution in [1.82, 2.24) is 13.9 Å². The second-order valence-electron chi connectivity index (χ2n) is 7.66. The van der Waals surface area contributed by atoms with Crippen molar-refractivity contribution in [2.24, 2.45) is 28.8 Å². The van der Waals surface area contributed by atoms with Crippen LogP contribution in [-0.2, 0) is 11.8 Å². The van der Waals surface area contributed by atoms with Gasteiger partial charge in [-0.2, -0.15) is 0 Å². The molecule has 0 N–H and O–H groups in total. The third-order valence-electron chi connectivity index (χ3n) is 7.26. The molecular formula is C16H18N4O3. The van der Waals surface area contributed by atoms with E-state index in [9.17, 15) is 9.59 Å². The van der Waals surface area contributed by atoms with Crippen LogP contribution in [0.2, 0.25) is 0 Å². The minimum atomic E-state index is -0.227. The van der Waals surface area contributed by atoms with Crippen LogP contribution in [0.15, 0.2) is 26.7 Å². The predicted octanol–water partition coefficient (Wildman–Crippen LogP) is -0.120. The number of aliphatic imine (C=N–C) groups is 1. The second-order valence-corrected chi connectivity index (χ2v) is 7.66. The maximum atomic E-state index is 12.7. The average molecular weight is 314 g/mol. The Hall–Kier alpha value is -1.89. The van der Waals surface area contributed by atoms with Crippen LogP contribution in [0.1, 0.15) is 24.9 Å². The molecule has 7 heteroatoms. The van der Waals surface area contributed by atoms with Crippen molar-refractivity contribution >= 4 is 6.21 Å². The highest BCUT2D eigenvalue weighted by atomic mass is 16.5. The zero-order valence-electron chi connectivity index (χ0n) is 12.9. The van der Waals surface area contributed by atoms with Gasteiger partial charge in [0.05, 0.1) is 36.8 Å². The molecule has 7 nitrogen and oxygen atoms in total. The molecule has 23 heavy (non-hydrogen) atoms. The molecule has 5 aliphatic heterocycles. The van der Waals surface area contributed by atoms with Gasteiger partial charge in [0.2, 0.25) is 0 Å². The fourth-order valence-corrected chi connectivity index (χ4v) is 6.36. The van der Waals surface area contributed by atoms with Crippen molar-refractivity contribution in [2.45, 2.75) is 31.0 Å². The second kappa shape index (κ2) is 3.45. The highest BCUT2D eigenvalue weighted by Crippen LogP contribution is 2.72. The Morgan fingerprint density at radius 2 is 1.74 bits per heavy atom. The number of rotatable bonds is 0. The van der Waals surface area contributed by atoms with Crippen LogP contribution in [0.3, 0.4) is 0 Å². The van der Waals surface area contributed by atoms with Crippen LogP contribution in [0.25, 0.3) is 0 Å². The Morgan fingerprint density at radius 1 is 1.09 bits per heavy atom. The highest BCUT2D eigenvalue weighted by molar-refractivity contribution is 5.67. The lowest BCUT2D eigenvalue weighted by molar-refractivity contribution is -0.121. The van der Waals surface area contributed by atoms with Crippen LogP contribution < -0.4 is 11.4 Å². The number of ether oxygens (including phenoxy) is 1. The first-order valence-corrected chi connectivity index (χ1v) is 8.32. The maximum Gasteiger partial charge on any atom is 0.347 e. The number of hydrogen-bond donors (Lipinski definition) is 0. The molecule has 0 amide bonds. The van der Waals surface area contributed by atoms with Gasteiger partial charge in [-0.25, -0.2) is 23.5 Å². The van der Waals surface area contributed by atoms with Gasteiger partial charge in [0, 0.05) is 24.6 Å². The highest BCUT2D eigenvalue weighted by Gasteiger charge is 2.76. The van der Waals surface area contributed by atoms with Crippen LogP contribution in [0.5, 0.6) is 0 Å². The van der Waals surface area contributed by atoms with Crippen LogP contribution in [-0.4, -0.2) is 39.4 Å². The number of allylic oxidation sites excluding steroid dienone is 2. The summed E-state index contributed by atoms with van der Waals surface area (Å²) >= 11 is 0. The Balaban J connectivity index is 1.77. The summed E-state index contributed by atoms with van der Waals surface area (Å²) in [6, 6.07) is -0.0685. The van der Waals surface area contributed by atoms with Gasteiger partial charge in [-0.3, -0.25) is 4.99 Å². The van der Waals surface area contributed by atoms with Gasteiger partial charge in [-0.1, -0.05) is 12.2 Å². The summed E-state index contributed by atoms with van der Waals surface area (Å²) in [7, 11) is 1.57. The maximum absolute atomic E-state index is 12.7. The Morgan fingerprint density at radius 3 is 2.39 bits per heavy atom. The summed E-state index contributed by atoms with van der Waals surface area (Å²) < 4.78 is 10.6. The monoisotopic (exact) mass is 314 g/mol. The molecular weight excluding hydrogens is 296 g/mol. The zero-order chi connectivity index (χ0) is 15.6. The molecule has 2 aliphatic carbocycles. The van der Waals surface area contributed by atoms with E-state index in [4.69, 9.17) is 9.73 Å². The molecule has 0 unspecified atom stereocenters. The van der Waals surface area contributed by atoms with Crippen molar-refractivity contribution in [3.63, 3.8) is 0 Å². The molecule has 1 saturated carbocycles. The van der Waals surface area contributed by atoms with Crippen LogP contribution >= 0.6 is 0 Å². The molecule has 7 aliphatic rings. The fourth-order valence-electron chi connectivity index (χ4n) is 6.36. The first-order chi connectivity index (χ1) is 11.1. The predicted molar refractivity (Wildman–Crippen MR) is 81.8 cm³/mol. The molecule has 0 aromatic carbocycles. The lowest BCUT2D eigenvalue weighted by Gasteiger charge is -2.65. The molecule has 1 saturated heterocycles. The topological polar surface area (TPSA) is 70.5 Å². The molecule has 2 fully saturated rings. The Labute approximate surface area is 131 Å². The quantitative estimate of drug-likeness (QED) is 0.627. The standard InChI is InChI=1S/C16H18N4O3/c1-18-13(21)19-11-4-5-12(20(19)14(18)22)16-8-23-7-15(11,16)9-2-3-10(16)17-6-9/h4-6,9-12H,2-3,7-8H2,1H3/t9-,10-,11+,12-,15-,16+/m1/s1. The summed E-state index contributed by atoms with van der Waals surface area (Å²) in [5, 5.41) is 0. The van der Waals surface area contributed by atoms with Crippen LogP contribution in [0, 0.1) is 16.7 Å². The number of nitrogens with zero attached hydrogens (tertiary/aromatic N) is 4. The third-order valence-corrected chi connectivity index (χ3v) is 7.26. The summed E-state index contributed by atoms with van der Waals surface area (Å²) in [5.74, 6) is 0.323. The fraction of sp³-hybridized carbons (Fsp3) is 0.688. The van der Waals surface area contributed by atoms with E-state index in [1.54, 1.807) is 16.4 Å². The average Bonchev–Trinajstić information content (AvgIpc) is 3.14. The Kier molecular flexibility index (Phi) is 1.88. The minimum absolute atomic E-state index is 0.115. The van der Waals surface area contributed by atoms with Crippen molar-refractivity contribution in [3.05, 3.63) is 33.1 Å². The minimum Gasteiger partial charge on any atom is -0.380 e. The van der Waals surface area contributed by atoms with Crippen molar-refractivity contribution in [2.75, 3.05) is 13.2 Å². The molecule has 1 aromatic heterocycles. The van der Waals surface area contributed by atoms with E-state index in [2.05, 4.69) is 18.4 Å². The first-order valence-electron chi connectivity index (χ1n) is 8.32. The largest absolute Gasteiger partial charge is 0.380 e.